The molecule has 1 aromatic heterocycles. The minimum Gasteiger partial charge on any atom is -0.383 e. The Hall–Kier alpha value is -2.33. The van der Waals surface area contributed by atoms with E-state index in [-0.39, 0.29) is 11.9 Å². The van der Waals surface area contributed by atoms with Crippen molar-refractivity contribution in [1.82, 2.24) is 10.3 Å². The Morgan fingerprint density at radius 3 is 2.86 bits per heavy atom. The largest absolute Gasteiger partial charge is 0.383 e. The first-order chi connectivity index (χ1) is 10.2. The Bertz CT molecular complexity index is 792. The quantitative estimate of drug-likeness (QED) is 0.772. The fourth-order valence-corrected chi connectivity index (χ4v) is 2.60. The van der Waals surface area contributed by atoms with E-state index in [0.717, 1.165) is 16.3 Å². The second kappa shape index (κ2) is 5.58. The normalized spacial score (nSPS) is 12.7. The van der Waals surface area contributed by atoms with Crippen molar-refractivity contribution >= 4 is 27.6 Å². The number of ether oxygens (including phenoxy) is 1. The van der Waals surface area contributed by atoms with Gasteiger partial charge in [-0.25, -0.2) is 0 Å². The second-order valence-electron chi connectivity index (χ2n) is 5.26. The number of amides is 1. The maximum atomic E-state index is 12.2. The molecule has 0 aliphatic heterocycles. The molecule has 0 fully saturated rings. The van der Waals surface area contributed by atoms with Crippen molar-refractivity contribution in [2.45, 2.75) is 13.0 Å². The Kier molecular flexibility index (Phi) is 3.62. The number of rotatable bonds is 4. The molecule has 0 aliphatic carbocycles. The van der Waals surface area contributed by atoms with Gasteiger partial charge in [0.05, 0.1) is 6.61 Å². The minimum atomic E-state index is -0.111. The number of aromatic amines is 1. The summed E-state index contributed by atoms with van der Waals surface area (Å²) in [5.41, 5.74) is 1.54. The predicted molar refractivity (Wildman–Crippen MR) is 84.6 cm³/mol. The lowest BCUT2D eigenvalue weighted by Gasteiger charge is -2.11. The van der Waals surface area contributed by atoms with Crippen molar-refractivity contribution in [3.8, 4) is 0 Å². The van der Waals surface area contributed by atoms with E-state index < -0.39 is 0 Å². The third kappa shape index (κ3) is 2.62. The highest BCUT2D eigenvalue weighted by Gasteiger charge is 2.13. The van der Waals surface area contributed by atoms with Gasteiger partial charge in [-0.15, -0.1) is 0 Å². The molecule has 0 aliphatic rings. The van der Waals surface area contributed by atoms with E-state index in [1.165, 1.54) is 5.39 Å². The highest BCUT2D eigenvalue weighted by molar-refractivity contribution is 6.09. The van der Waals surface area contributed by atoms with Crippen molar-refractivity contribution in [2.75, 3.05) is 13.7 Å². The molecule has 0 bridgehead atoms. The van der Waals surface area contributed by atoms with Crippen LogP contribution < -0.4 is 5.32 Å². The van der Waals surface area contributed by atoms with Crippen molar-refractivity contribution < 1.29 is 9.53 Å². The number of benzene rings is 2. The van der Waals surface area contributed by atoms with Gasteiger partial charge < -0.3 is 15.0 Å². The van der Waals surface area contributed by atoms with Gasteiger partial charge in [0.15, 0.2) is 0 Å². The van der Waals surface area contributed by atoms with Crippen LogP contribution in [0.4, 0.5) is 0 Å². The summed E-state index contributed by atoms with van der Waals surface area (Å²) in [6, 6.07) is 14.1. The highest BCUT2D eigenvalue weighted by Crippen LogP contribution is 2.25. The van der Waals surface area contributed by atoms with E-state index in [2.05, 4.69) is 28.5 Å². The number of carbonyl (C=O) groups excluding carboxylic acids is 1. The van der Waals surface area contributed by atoms with Gasteiger partial charge in [-0.2, -0.15) is 0 Å². The van der Waals surface area contributed by atoms with E-state index in [1.54, 1.807) is 7.11 Å². The molecule has 108 valence electrons. The van der Waals surface area contributed by atoms with Gasteiger partial charge in [-0.3, -0.25) is 4.79 Å². The topological polar surface area (TPSA) is 54.1 Å². The van der Waals surface area contributed by atoms with Gasteiger partial charge in [0.2, 0.25) is 0 Å². The van der Waals surface area contributed by atoms with Crippen LogP contribution in [0.25, 0.3) is 21.7 Å². The molecule has 4 heteroatoms. The van der Waals surface area contributed by atoms with E-state index >= 15 is 0 Å². The van der Waals surface area contributed by atoms with Crippen LogP contribution in [0.1, 0.15) is 17.4 Å². The molecule has 0 radical (unpaired) electrons. The van der Waals surface area contributed by atoms with Crippen molar-refractivity contribution in [3.05, 3.63) is 48.2 Å². The first kappa shape index (κ1) is 13.6. The van der Waals surface area contributed by atoms with Crippen LogP contribution in [0.3, 0.4) is 0 Å². The van der Waals surface area contributed by atoms with Gasteiger partial charge >= 0.3 is 0 Å². The molecule has 0 saturated heterocycles. The molecule has 1 amide bonds. The maximum Gasteiger partial charge on any atom is 0.268 e. The molecule has 2 aromatic carbocycles. The molecular weight excluding hydrogens is 264 g/mol. The van der Waals surface area contributed by atoms with Crippen LogP contribution in [-0.2, 0) is 4.74 Å². The SMILES string of the molecule is COCC(C)NC(=O)c1cc2c(ccc3ccccc32)[nH]1. The van der Waals surface area contributed by atoms with Gasteiger partial charge in [0, 0.05) is 24.1 Å². The number of fused-ring (bicyclic) bond motifs is 3. The zero-order chi connectivity index (χ0) is 14.8. The Labute approximate surface area is 123 Å². The minimum absolute atomic E-state index is 0.0225. The molecule has 4 nitrogen and oxygen atoms in total. The summed E-state index contributed by atoms with van der Waals surface area (Å²) in [4.78, 5) is 15.4. The summed E-state index contributed by atoms with van der Waals surface area (Å²) in [7, 11) is 1.62. The number of methoxy groups -OCH3 is 1. The monoisotopic (exact) mass is 282 g/mol. The smallest absolute Gasteiger partial charge is 0.268 e. The Morgan fingerprint density at radius 2 is 2.05 bits per heavy atom. The molecule has 3 aromatic rings. The van der Waals surface area contributed by atoms with Gasteiger partial charge in [0.1, 0.15) is 5.69 Å². The van der Waals surface area contributed by atoms with Crippen LogP contribution in [0, 0.1) is 0 Å². The van der Waals surface area contributed by atoms with Crippen molar-refractivity contribution in [1.29, 1.82) is 0 Å². The summed E-state index contributed by atoms with van der Waals surface area (Å²) < 4.78 is 5.03. The number of hydrogen-bond donors (Lipinski definition) is 2. The third-order valence-corrected chi connectivity index (χ3v) is 3.57. The lowest BCUT2D eigenvalue weighted by atomic mass is 10.1. The van der Waals surface area contributed by atoms with Crippen LogP contribution in [0.15, 0.2) is 42.5 Å². The lowest BCUT2D eigenvalue weighted by Crippen LogP contribution is -2.35. The number of nitrogens with one attached hydrogen (secondary N) is 2. The van der Waals surface area contributed by atoms with E-state index in [1.807, 2.05) is 31.2 Å². The fraction of sp³-hybridized carbons (Fsp3) is 0.235. The van der Waals surface area contributed by atoms with Crippen LogP contribution in [-0.4, -0.2) is 30.6 Å². The molecule has 3 rings (SSSR count). The van der Waals surface area contributed by atoms with Crippen LogP contribution in [0.2, 0.25) is 0 Å². The molecule has 1 unspecified atom stereocenters. The lowest BCUT2D eigenvalue weighted by molar-refractivity contribution is 0.0901. The molecule has 1 atom stereocenters. The molecule has 0 saturated carbocycles. The first-order valence-electron chi connectivity index (χ1n) is 6.99. The number of hydrogen-bond acceptors (Lipinski definition) is 2. The number of H-pyrrole nitrogens is 1. The summed E-state index contributed by atoms with van der Waals surface area (Å²) in [5, 5.41) is 6.30. The van der Waals surface area contributed by atoms with E-state index in [4.69, 9.17) is 4.74 Å². The molecular formula is C17H18N2O2. The summed E-state index contributed by atoms with van der Waals surface area (Å²) in [5.74, 6) is -0.111. The standard InChI is InChI=1S/C17H18N2O2/c1-11(10-21-2)18-17(20)16-9-14-13-6-4-3-5-12(13)7-8-15(14)19-16/h3-9,11,19H,10H2,1-2H3,(H,18,20). The number of aromatic nitrogens is 1. The van der Waals surface area contributed by atoms with Crippen molar-refractivity contribution in [3.63, 3.8) is 0 Å². The molecule has 1 heterocycles. The Balaban J connectivity index is 1.97. The van der Waals surface area contributed by atoms with E-state index in [0.29, 0.717) is 12.3 Å². The zero-order valence-corrected chi connectivity index (χ0v) is 12.1. The van der Waals surface area contributed by atoms with Gasteiger partial charge in [-0.1, -0.05) is 30.3 Å². The van der Waals surface area contributed by atoms with Gasteiger partial charge in [0.25, 0.3) is 5.91 Å². The van der Waals surface area contributed by atoms with E-state index in [9.17, 15) is 4.79 Å². The summed E-state index contributed by atoms with van der Waals surface area (Å²) in [6.45, 7) is 2.41. The summed E-state index contributed by atoms with van der Waals surface area (Å²) >= 11 is 0. The molecule has 0 spiro atoms. The zero-order valence-electron chi connectivity index (χ0n) is 12.1. The second-order valence-corrected chi connectivity index (χ2v) is 5.26. The fourth-order valence-electron chi connectivity index (χ4n) is 2.60. The predicted octanol–water partition coefficient (Wildman–Crippen LogP) is 3.09. The highest BCUT2D eigenvalue weighted by atomic mass is 16.5. The maximum absolute atomic E-state index is 12.2. The van der Waals surface area contributed by atoms with Crippen LogP contribution in [0.5, 0.6) is 0 Å². The Morgan fingerprint density at radius 1 is 1.24 bits per heavy atom. The third-order valence-electron chi connectivity index (χ3n) is 3.57. The van der Waals surface area contributed by atoms with Crippen molar-refractivity contribution in [2.24, 2.45) is 0 Å². The summed E-state index contributed by atoms with van der Waals surface area (Å²) in [6.07, 6.45) is 0. The molecule has 2 N–H and O–H groups in total. The molecule has 21 heavy (non-hydrogen) atoms. The van der Waals surface area contributed by atoms with Crippen LogP contribution >= 0.6 is 0 Å². The number of carbonyl (C=O) groups is 1. The average molecular weight is 282 g/mol. The van der Waals surface area contributed by atoms with Gasteiger partial charge in [-0.05, 0) is 29.8 Å². The first-order valence-corrected chi connectivity index (χ1v) is 6.99. The average Bonchev–Trinajstić information content (AvgIpc) is 2.92.